The van der Waals surface area contributed by atoms with Gasteiger partial charge < -0.3 is 10.1 Å². The minimum atomic E-state index is -4.85. The van der Waals surface area contributed by atoms with Gasteiger partial charge in [0.1, 0.15) is 12.4 Å². The summed E-state index contributed by atoms with van der Waals surface area (Å²) in [7, 11) is 0. The van der Waals surface area contributed by atoms with Gasteiger partial charge in [-0.15, -0.1) is 0 Å². The summed E-state index contributed by atoms with van der Waals surface area (Å²) in [6.45, 7) is 1.92. The van der Waals surface area contributed by atoms with Crippen LogP contribution in [-0.2, 0) is 11.2 Å². The van der Waals surface area contributed by atoms with Gasteiger partial charge >= 0.3 is 12.1 Å². The fourth-order valence-electron chi connectivity index (χ4n) is 1.61. The van der Waals surface area contributed by atoms with Crippen LogP contribution in [0.1, 0.15) is 25.3 Å². The van der Waals surface area contributed by atoms with E-state index in [4.69, 9.17) is 4.74 Å². The summed E-state index contributed by atoms with van der Waals surface area (Å²) in [5.41, 5.74) is 1.13. The average Bonchev–Trinajstić information content (AvgIpc) is 2.40. The zero-order valence-electron chi connectivity index (χ0n) is 11.3. The van der Waals surface area contributed by atoms with E-state index in [-0.39, 0.29) is 13.2 Å². The summed E-state index contributed by atoms with van der Waals surface area (Å²) in [6.07, 6.45) is -1.74. The Morgan fingerprint density at radius 3 is 2.75 bits per heavy atom. The Kier molecular flexibility index (Phi) is 6.35. The maximum atomic E-state index is 11.9. The molecule has 0 fully saturated rings. The molecule has 112 valence electrons. The highest BCUT2D eigenvalue weighted by Crippen LogP contribution is 2.15. The second-order valence-corrected chi connectivity index (χ2v) is 4.35. The van der Waals surface area contributed by atoms with Crippen LogP contribution >= 0.6 is 0 Å². The summed E-state index contributed by atoms with van der Waals surface area (Å²) < 4.78 is 41.1. The first kappa shape index (κ1) is 16.3. The molecule has 1 aromatic rings. The van der Waals surface area contributed by atoms with Crippen LogP contribution in [0.4, 0.5) is 13.2 Å². The number of benzene rings is 1. The first-order valence-electron chi connectivity index (χ1n) is 6.50. The van der Waals surface area contributed by atoms with Gasteiger partial charge in [0, 0.05) is 0 Å². The van der Waals surface area contributed by atoms with Crippen molar-refractivity contribution in [2.75, 3.05) is 13.2 Å². The lowest BCUT2D eigenvalue weighted by molar-refractivity contribution is -0.173. The van der Waals surface area contributed by atoms with E-state index in [2.05, 4.69) is 6.92 Å². The Morgan fingerprint density at radius 1 is 1.35 bits per heavy atom. The SMILES string of the molecule is CCCCc1cccc(OCCNC(=O)C(F)(F)F)c1. The van der Waals surface area contributed by atoms with Crippen molar-refractivity contribution in [2.24, 2.45) is 0 Å². The van der Waals surface area contributed by atoms with Crippen molar-refractivity contribution in [3.63, 3.8) is 0 Å². The molecule has 0 atom stereocenters. The molecule has 0 aliphatic rings. The summed E-state index contributed by atoms with van der Waals surface area (Å²) in [5, 5.41) is 1.75. The second-order valence-electron chi connectivity index (χ2n) is 4.35. The lowest BCUT2D eigenvalue weighted by atomic mass is 10.1. The quantitative estimate of drug-likeness (QED) is 0.783. The first-order valence-corrected chi connectivity index (χ1v) is 6.50. The molecule has 0 aliphatic heterocycles. The maximum Gasteiger partial charge on any atom is 0.471 e. The van der Waals surface area contributed by atoms with Crippen molar-refractivity contribution in [2.45, 2.75) is 32.4 Å². The highest BCUT2D eigenvalue weighted by molar-refractivity contribution is 5.81. The molecule has 0 bridgehead atoms. The van der Waals surface area contributed by atoms with Crippen molar-refractivity contribution in [3.05, 3.63) is 29.8 Å². The standard InChI is InChI=1S/C14H18F3NO2/c1-2-3-5-11-6-4-7-12(10-11)20-9-8-18-13(19)14(15,16)17/h4,6-7,10H,2-3,5,8-9H2,1H3,(H,18,19). The van der Waals surface area contributed by atoms with Crippen molar-refractivity contribution in [1.29, 1.82) is 0 Å². The average molecular weight is 289 g/mol. The summed E-state index contributed by atoms with van der Waals surface area (Å²) >= 11 is 0. The lowest BCUT2D eigenvalue weighted by Gasteiger charge is -2.10. The molecule has 0 heterocycles. The largest absolute Gasteiger partial charge is 0.492 e. The molecule has 0 radical (unpaired) electrons. The molecule has 6 heteroatoms. The summed E-state index contributed by atoms with van der Waals surface area (Å²) in [4.78, 5) is 10.6. The highest BCUT2D eigenvalue weighted by Gasteiger charge is 2.38. The van der Waals surface area contributed by atoms with E-state index in [1.54, 1.807) is 11.4 Å². The zero-order valence-corrected chi connectivity index (χ0v) is 11.3. The number of aryl methyl sites for hydroxylation is 1. The smallest absolute Gasteiger partial charge is 0.471 e. The third-order valence-electron chi connectivity index (χ3n) is 2.63. The molecule has 1 aromatic carbocycles. The van der Waals surface area contributed by atoms with Crippen LogP contribution < -0.4 is 10.1 Å². The fourth-order valence-corrected chi connectivity index (χ4v) is 1.61. The number of alkyl halides is 3. The van der Waals surface area contributed by atoms with Crippen LogP contribution in [0, 0.1) is 0 Å². The summed E-state index contributed by atoms with van der Waals surface area (Å²) in [6, 6.07) is 7.42. The number of carbonyl (C=O) groups excluding carboxylic acids is 1. The highest BCUT2D eigenvalue weighted by atomic mass is 19.4. The number of amides is 1. The molecular weight excluding hydrogens is 271 g/mol. The molecule has 3 nitrogen and oxygen atoms in total. The van der Waals surface area contributed by atoms with Crippen LogP contribution in [0.5, 0.6) is 5.75 Å². The van der Waals surface area contributed by atoms with Gasteiger partial charge in [-0.05, 0) is 30.5 Å². The molecule has 1 amide bonds. The number of hydrogen-bond donors (Lipinski definition) is 1. The molecular formula is C14H18F3NO2. The van der Waals surface area contributed by atoms with Crippen molar-refractivity contribution >= 4 is 5.91 Å². The number of unbranched alkanes of at least 4 members (excludes halogenated alkanes) is 1. The van der Waals surface area contributed by atoms with Gasteiger partial charge in [0.25, 0.3) is 0 Å². The van der Waals surface area contributed by atoms with Crippen LogP contribution in [0.15, 0.2) is 24.3 Å². The fraction of sp³-hybridized carbons (Fsp3) is 0.500. The van der Waals surface area contributed by atoms with Crippen molar-refractivity contribution < 1.29 is 22.7 Å². The molecule has 0 spiro atoms. The molecule has 0 aliphatic carbocycles. The molecule has 1 rings (SSSR count). The van der Waals surface area contributed by atoms with Crippen LogP contribution in [0.2, 0.25) is 0 Å². The maximum absolute atomic E-state index is 11.9. The Hall–Kier alpha value is -1.72. The van der Waals surface area contributed by atoms with Crippen LogP contribution in [0.3, 0.4) is 0 Å². The number of hydrogen-bond acceptors (Lipinski definition) is 2. The van der Waals surface area contributed by atoms with Crippen LogP contribution in [0.25, 0.3) is 0 Å². The number of nitrogens with one attached hydrogen (secondary N) is 1. The van der Waals surface area contributed by atoms with E-state index in [1.807, 2.05) is 18.2 Å². The Balaban J connectivity index is 2.33. The Labute approximate surface area is 116 Å². The minimum Gasteiger partial charge on any atom is -0.492 e. The molecule has 20 heavy (non-hydrogen) atoms. The number of rotatable bonds is 7. The van der Waals surface area contributed by atoms with E-state index in [1.165, 1.54) is 0 Å². The number of halogens is 3. The van der Waals surface area contributed by atoms with E-state index in [0.717, 1.165) is 24.8 Å². The van der Waals surface area contributed by atoms with Gasteiger partial charge in [0.05, 0.1) is 6.54 Å². The third-order valence-corrected chi connectivity index (χ3v) is 2.63. The predicted octanol–water partition coefficient (Wildman–Crippen LogP) is 3.09. The van der Waals surface area contributed by atoms with Gasteiger partial charge in [-0.2, -0.15) is 13.2 Å². The predicted molar refractivity (Wildman–Crippen MR) is 69.6 cm³/mol. The van der Waals surface area contributed by atoms with E-state index in [9.17, 15) is 18.0 Å². The molecule has 1 N–H and O–H groups in total. The van der Waals surface area contributed by atoms with Crippen molar-refractivity contribution in [3.8, 4) is 5.75 Å². The number of ether oxygens (including phenoxy) is 1. The molecule has 0 unspecified atom stereocenters. The summed E-state index contributed by atoms with van der Waals surface area (Å²) in [5.74, 6) is -1.35. The van der Waals surface area contributed by atoms with Crippen LogP contribution in [-0.4, -0.2) is 25.2 Å². The molecule has 0 saturated carbocycles. The second kappa shape index (κ2) is 7.77. The first-order chi connectivity index (χ1) is 9.43. The molecule has 0 aromatic heterocycles. The molecule has 0 saturated heterocycles. The Morgan fingerprint density at radius 2 is 2.10 bits per heavy atom. The van der Waals surface area contributed by atoms with Gasteiger partial charge in [0.15, 0.2) is 0 Å². The normalized spacial score (nSPS) is 11.2. The number of carbonyl (C=O) groups is 1. The third kappa shape index (κ3) is 5.95. The van der Waals surface area contributed by atoms with E-state index < -0.39 is 12.1 Å². The van der Waals surface area contributed by atoms with E-state index >= 15 is 0 Å². The topological polar surface area (TPSA) is 38.3 Å². The van der Waals surface area contributed by atoms with Gasteiger partial charge in [0.2, 0.25) is 0 Å². The van der Waals surface area contributed by atoms with E-state index in [0.29, 0.717) is 5.75 Å². The van der Waals surface area contributed by atoms with Crippen molar-refractivity contribution in [1.82, 2.24) is 5.32 Å². The Bertz CT molecular complexity index is 433. The van der Waals surface area contributed by atoms with Gasteiger partial charge in [-0.3, -0.25) is 4.79 Å². The van der Waals surface area contributed by atoms with Gasteiger partial charge in [-0.1, -0.05) is 25.5 Å². The monoisotopic (exact) mass is 289 g/mol. The lowest BCUT2D eigenvalue weighted by Crippen LogP contribution is -2.38. The minimum absolute atomic E-state index is 0.000941. The zero-order chi connectivity index (χ0) is 15.0. The van der Waals surface area contributed by atoms with Gasteiger partial charge in [-0.25, -0.2) is 0 Å².